The molecule has 0 amide bonds. The lowest BCUT2D eigenvalue weighted by Crippen LogP contribution is -2.10. The van der Waals surface area contributed by atoms with Crippen LogP contribution in [0, 0.1) is 0 Å². The molecule has 0 aliphatic rings. The third kappa shape index (κ3) is 4.53. The van der Waals surface area contributed by atoms with Gasteiger partial charge in [0.05, 0.1) is 5.75 Å². The van der Waals surface area contributed by atoms with Crippen molar-refractivity contribution in [2.45, 2.75) is 12.8 Å². The molecular weight excluding hydrogens is 220 g/mol. The van der Waals surface area contributed by atoms with Crippen LogP contribution in [-0.2, 0) is 21.1 Å². The molecule has 0 aliphatic heterocycles. The third-order valence-corrected chi connectivity index (χ3v) is 3.53. The fourth-order valence-corrected chi connectivity index (χ4v) is 2.33. The highest BCUT2D eigenvalue weighted by atomic mass is 32.2. The Labute approximate surface area is 87.7 Å². The van der Waals surface area contributed by atoms with Crippen LogP contribution in [0.3, 0.4) is 0 Å². The number of sulfone groups is 1. The normalized spacial score (nSPS) is 11.5. The molecule has 5 heteroatoms. The number of rotatable bonds is 5. The Morgan fingerprint density at radius 3 is 2.71 bits per heavy atom. The first-order valence-electron chi connectivity index (χ1n) is 4.19. The second kappa shape index (κ2) is 4.70. The summed E-state index contributed by atoms with van der Waals surface area (Å²) in [6, 6.07) is 3.76. The molecule has 0 unspecified atom stereocenters. The monoisotopic (exact) mass is 232 g/mol. The van der Waals surface area contributed by atoms with E-state index in [0.29, 0.717) is 6.42 Å². The lowest BCUT2D eigenvalue weighted by Gasteiger charge is -1.97. The quantitative estimate of drug-likeness (QED) is 0.768. The minimum atomic E-state index is -3.02. The maximum absolute atomic E-state index is 11.3. The molecule has 14 heavy (non-hydrogen) atoms. The number of ketones is 1. The van der Waals surface area contributed by atoms with E-state index in [0.717, 1.165) is 11.1 Å². The Bertz CT molecular complexity index is 390. The molecule has 0 radical (unpaired) electrons. The van der Waals surface area contributed by atoms with E-state index in [9.17, 15) is 13.2 Å². The van der Waals surface area contributed by atoms with Crippen molar-refractivity contribution in [3.05, 3.63) is 22.4 Å². The molecule has 1 rings (SSSR count). The highest BCUT2D eigenvalue weighted by Gasteiger charge is 2.08. The van der Waals surface area contributed by atoms with Crippen molar-refractivity contribution in [3.63, 3.8) is 0 Å². The van der Waals surface area contributed by atoms with E-state index in [1.54, 1.807) is 0 Å². The number of carbonyl (C=O) groups is 1. The number of thiophene rings is 1. The van der Waals surface area contributed by atoms with Crippen LogP contribution in [0.15, 0.2) is 17.5 Å². The van der Waals surface area contributed by atoms with Gasteiger partial charge in [-0.2, -0.15) is 0 Å². The van der Waals surface area contributed by atoms with Gasteiger partial charge in [0.2, 0.25) is 0 Å². The summed E-state index contributed by atoms with van der Waals surface area (Å²) >= 11 is 1.51. The molecule has 0 spiro atoms. The Balaban J connectivity index is 2.38. The molecule has 0 saturated heterocycles. The number of hydrogen-bond acceptors (Lipinski definition) is 4. The van der Waals surface area contributed by atoms with Crippen molar-refractivity contribution in [2.24, 2.45) is 0 Å². The van der Waals surface area contributed by atoms with Crippen molar-refractivity contribution in [3.8, 4) is 0 Å². The predicted molar refractivity (Wildman–Crippen MR) is 57.4 cm³/mol. The lowest BCUT2D eigenvalue weighted by molar-refractivity contribution is -0.118. The van der Waals surface area contributed by atoms with Crippen LogP contribution in [0.2, 0.25) is 0 Å². The van der Waals surface area contributed by atoms with Crippen molar-refractivity contribution in [1.82, 2.24) is 0 Å². The number of Topliss-reactive ketones (excluding diaryl/α,β-unsaturated/α-hetero) is 1. The van der Waals surface area contributed by atoms with Crippen molar-refractivity contribution < 1.29 is 13.2 Å². The smallest absolute Gasteiger partial charge is 0.147 e. The SMILES string of the molecule is CS(=O)(=O)CCC(=O)Cc1cccs1. The van der Waals surface area contributed by atoms with Gasteiger partial charge in [0, 0.05) is 24.0 Å². The Morgan fingerprint density at radius 1 is 1.50 bits per heavy atom. The maximum Gasteiger partial charge on any atom is 0.147 e. The van der Waals surface area contributed by atoms with Gasteiger partial charge in [-0.3, -0.25) is 4.79 Å². The van der Waals surface area contributed by atoms with E-state index >= 15 is 0 Å². The Kier molecular flexibility index (Phi) is 3.83. The van der Waals surface area contributed by atoms with Crippen LogP contribution in [0.25, 0.3) is 0 Å². The van der Waals surface area contributed by atoms with Gasteiger partial charge in [-0.25, -0.2) is 8.42 Å². The topological polar surface area (TPSA) is 51.2 Å². The molecule has 0 aliphatic carbocycles. The highest BCUT2D eigenvalue weighted by molar-refractivity contribution is 7.90. The van der Waals surface area contributed by atoms with Crippen LogP contribution < -0.4 is 0 Å². The van der Waals surface area contributed by atoms with Crippen LogP contribution in [0.1, 0.15) is 11.3 Å². The van der Waals surface area contributed by atoms with Crippen molar-refractivity contribution in [1.29, 1.82) is 0 Å². The molecule has 0 saturated carbocycles. The second-order valence-corrected chi connectivity index (χ2v) is 6.47. The predicted octanol–water partition coefficient (Wildman–Crippen LogP) is 1.29. The van der Waals surface area contributed by atoms with Crippen LogP contribution >= 0.6 is 11.3 Å². The molecule has 0 atom stereocenters. The molecular formula is C9H12O3S2. The highest BCUT2D eigenvalue weighted by Crippen LogP contribution is 2.10. The summed E-state index contributed by atoms with van der Waals surface area (Å²) in [5.74, 6) is -0.0603. The Morgan fingerprint density at radius 2 is 2.21 bits per heavy atom. The second-order valence-electron chi connectivity index (χ2n) is 3.17. The third-order valence-electron chi connectivity index (χ3n) is 1.70. The van der Waals surface area contributed by atoms with E-state index in [2.05, 4.69) is 0 Å². The summed E-state index contributed by atoms with van der Waals surface area (Å²) in [5.41, 5.74) is 0. The van der Waals surface area contributed by atoms with E-state index < -0.39 is 9.84 Å². The molecule has 78 valence electrons. The van der Waals surface area contributed by atoms with E-state index in [-0.39, 0.29) is 18.0 Å². The first-order chi connectivity index (χ1) is 6.47. The minimum Gasteiger partial charge on any atom is -0.299 e. The van der Waals surface area contributed by atoms with Crippen LogP contribution in [0.4, 0.5) is 0 Å². The van der Waals surface area contributed by atoms with Crippen molar-refractivity contribution >= 4 is 27.0 Å². The van der Waals surface area contributed by atoms with Crippen molar-refractivity contribution in [2.75, 3.05) is 12.0 Å². The molecule has 1 heterocycles. The van der Waals surface area contributed by atoms with E-state index in [1.165, 1.54) is 11.3 Å². The molecule has 0 N–H and O–H groups in total. The zero-order valence-electron chi connectivity index (χ0n) is 7.89. The average molecular weight is 232 g/mol. The standard InChI is InChI=1S/C9H12O3S2/c1-14(11,12)6-4-8(10)7-9-3-2-5-13-9/h2-3,5H,4,6-7H2,1H3. The van der Waals surface area contributed by atoms with Gasteiger partial charge in [0.1, 0.15) is 15.6 Å². The molecule has 0 fully saturated rings. The van der Waals surface area contributed by atoms with Gasteiger partial charge >= 0.3 is 0 Å². The number of hydrogen-bond donors (Lipinski definition) is 0. The summed E-state index contributed by atoms with van der Waals surface area (Å²) in [6.45, 7) is 0. The molecule has 0 aromatic carbocycles. The molecule has 3 nitrogen and oxygen atoms in total. The van der Waals surface area contributed by atoms with Gasteiger partial charge in [0.25, 0.3) is 0 Å². The summed E-state index contributed by atoms with van der Waals surface area (Å²) in [7, 11) is -3.02. The summed E-state index contributed by atoms with van der Waals surface area (Å²) in [5, 5.41) is 1.90. The summed E-state index contributed by atoms with van der Waals surface area (Å²) < 4.78 is 21.6. The van der Waals surface area contributed by atoms with Gasteiger partial charge in [-0.15, -0.1) is 11.3 Å². The van der Waals surface area contributed by atoms with Gasteiger partial charge in [-0.1, -0.05) is 6.07 Å². The zero-order chi connectivity index (χ0) is 10.6. The molecule has 1 aromatic heterocycles. The zero-order valence-corrected chi connectivity index (χ0v) is 9.53. The van der Waals surface area contributed by atoms with Gasteiger partial charge < -0.3 is 0 Å². The van der Waals surface area contributed by atoms with Crippen LogP contribution in [0.5, 0.6) is 0 Å². The van der Waals surface area contributed by atoms with Gasteiger partial charge in [0.15, 0.2) is 0 Å². The van der Waals surface area contributed by atoms with E-state index in [1.807, 2.05) is 17.5 Å². The maximum atomic E-state index is 11.3. The van der Waals surface area contributed by atoms with Gasteiger partial charge in [-0.05, 0) is 11.4 Å². The largest absolute Gasteiger partial charge is 0.299 e. The lowest BCUT2D eigenvalue weighted by atomic mass is 10.2. The Hall–Kier alpha value is -0.680. The average Bonchev–Trinajstić information content (AvgIpc) is 2.52. The minimum absolute atomic E-state index is 0.0159. The fraction of sp³-hybridized carbons (Fsp3) is 0.444. The first kappa shape index (κ1) is 11.4. The van der Waals surface area contributed by atoms with Crippen LogP contribution in [-0.4, -0.2) is 26.2 Å². The molecule has 0 bridgehead atoms. The fourth-order valence-electron chi connectivity index (χ4n) is 0.995. The number of carbonyl (C=O) groups excluding carboxylic acids is 1. The van der Waals surface area contributed by atoms with E-state index in [4.69, 9.17) is 0 Å². The summed E-state index contributed by atoms with van der Waals surface area (Å²) in [4.78, 5) is 12.3. The summed E-state index contributed by atoms with van der Waals surface area (Å²) in [6.07, 6.45) is 1.62. The molecule has 1 aromatic rings. The first-order valence-corrected chi connectivity index (χ1v) is 7.13.